The van der Waals surface area contributed by atoms with Crippen LogP contribution in [0.1, 0.15) is 47.0 Å². The fourth-order valence-electron chi connectivity index (χ4n) is 2.56. The molecule has 0 aliphatic carbocycles. The van der Waals surface area contributed by atoms with E-state index in [0.29, 0.717) is 11.8 Å². The quantitative estimate of drug-likeness (QED) is 0.600. The zero-order chi connectivity index (χ0) is 12.6. The van der Waals surface area contributed by atoms with Crippen LogP contribution in [0, 0.1) is 17.3 Å². The summed E-state index contributed by atoms with van der Waals surface area (Å²) in [4.78, 5) is 0. The molecule has 1 atom stereocenters. The molecule has 0 saturated heterocycles. The smallest absolute Gasteiger partial charge is 0.0545 e. The van der Waals surface area contributed by atoms with Gasteiger partial charge in [-0.1, -0.05) is 47.0 Å². The minimum absolute atomic E-state index is 0.165. The van der Waals surface area contributed by atoms with Crippen molar-refractivity contribution in [3.63, 3.8) is 0 Å². The minimum Gasteiger partial charge on any atom is -0.384 e. The summed E-state index contributed by atoms with van der Waals surface area (Å²) in [5, 5.41) is 0. The van der Waals surface area contributed by atoms with Crippen molar-refractivity contribution in [2.24, 2.45) is 17.3 Å². The van der Waals surface area contributed by atoms with Crippen LogP contribution in [-0.2, 0) is 9.47 Å². The number of rotatable bonds is 9. The molecular formula is C14H30O2. The van der Waals surface area contributed by atoms with Crippen LogP contribution in [-0.4, -0.2) is 27.4 Å². The lowest BCUT2D eigenvalue weighted by atomic mass is 9.67. The largest absolute Gasteiger partial charge is 0.384 e. The van der Waals surface area contributed by atoms with Gasteiger partial charge in [-0.25, -0.2) is 0 Å². The van der Waals surface area contributed by atoms with Crippen LogP contribution in [0.3, 0.4) is 0 Å². The lowest BCUT2D eigenvalue weighted by Gasteiger charge is -2.42. The molecule has 0 N–H and O–H groups in total. The summed E-state index contributed by atoms with van der Waals surface area (Å²) in [7, 11) is 3.58. The second kappa shape index (κ2) is 8.08. The monoisotopic (exact) mass is 230 g/mol. The van der Waals surface area contributed by atoms with Gasteiger partial charge in [0, 0.05) is 19.6 Å². The van der Waals surface area contributed by atoms with Crippen LogP contribution >= 0.6 is 0 Å². The van der Waals surface area contributed by atoms with Crippen LogP contribution in [0.5, 0.6) is 0 Å². The molecule has 0 aliphatic rings. The highest BCUT2D eigenvalue weighted by Crippen LogP contribution is 2.39. The third kappa shape index (κ3) is 4.06. The number of methoxy groups -OCH3 is 2. The van der Waals surface area contributed by atoms with Crippen molar-refractivity contribution in [3.05, 3.63) is 0 Å². The lowest BCUT2D eigenvalue weighted by Crippen LogP contribution is -2.42. The SMILES string of the molecule is CCCCC(C)C(COC)(COC)C(C)C. The molecule has 0 aromatic carbocycles. The Balaban J connectivity index is 4.69. The van der Waals surface area contributed by atoms with Gasteiger partial charge < -0.3 is 9.47 Å². The van der Waals surface area contributed by atoms with Crippen molar-refractivity contribution >= 4 is 0 Å². The number of hydrogen-bond donors (Lipinski definition) is 0. The molecule has 0 aliphatic heterocycles. The van der Waals surface area contributed by atoms with Crippen molar-refractivity contribution in [1.82, 2.24) is 0 Å². The van der Waals surface area contributed by atoms with Gasteiger partial charge in [-0.15, -0.1) is 0 Å². The summed E-state index contributed by atoms with van der Waals surface area (Å²) >= 11 is 0. The van der Waals surface area contributed by atoms with Crippen molar-refractivity contribution < 1.29 is 9.47 Å². The Kier molecular flexibility index (Phi) is 8.04. The van der Waals surface area contributed by atoms with Crippen LogP contribution in [0.25, 0.3) is 0 Å². The Labute approximate surface area is 102 Å². The molecule has 0 spiro atoms. The van der Waals surface area contributed by atoms with Crippen LogP contribution in [0.4, 0.5) is 0 Å². The third-order valence-corrected chi connectivity index (χ3v) is 3.95. The van der Waals surface area contributed by atoms with E-state index >= 15 is 0 Å². The van der Waals surface area contributed by atoms with Crippen molar-refractivity contribution in [1.29, 1.82) is 0 Å². The van der Waals surface area contributed by atoms with E-state index in [1.807, 2.05) is 0 Å². The first kappa shape index (κ1) is 15.9. The Bertz CT molecular complexity index is 160. The zero-order valence-corrected chi connectivity index (χ0v) is 12.0. The molecule has 0 aromatic rings. The highest BCUT2D eigenvalue weighted by Gasteiger charge is 2.39. The second-order valence-electron chi connectivity index (χ2n) is 5.30. The van der Waals surface area contributed by atoms with Crippen LogP contribution < -0.4 is 0 Å². The standard InChI is InChI=1S/C14H30O2/c1-7-8-9-13(4)14(10-15-5,11-16-6)12(2)3/h12-13H,7-11H2,1-6H3. The summed E-state index contributed by atoms with van der Waals surface area (Å²) in [5.41, 5.74) is 0.165. The van der Waals surface area contributed by atoms with Gasteiger partial charge in [-0.05, 0) is 11.8 Å². The van der Waals surface area contributed by atoms with E-state index in [1.54, 1.807) is 14.2 Å². The molecule has 0 heterocycles. The van der Waals surface area contributed by atoms with E-state index in [1.165, 1.54) is 19.3 Å². The molecular weight excluding hydrogens is 200 g/mol. The van der Waals surface area contributed by atoms with E-state index in [-0.39, 0.29) is 5.41 Å². The normalized spacial score (nSPS) is 14.4. The molecule has 0 aromatic heterocycles. The van der Waals surface area contributed by atoms with Gasteiger partial charge in [0.1, 0.15) is 0 Å². The Morgan fingerprint density at radius 3 is 1.81 bits per heavy atom. The van der Waals surface area contributed by atoms with Crippen molar-refractivity contribution in [3.8, 4) is 0 Å². The molecule has 0 rings (SSSR count). The Hall–Kier alpha value is -0.0800. The molecule has 0 bridgehead atoms. The average molecular weight is 230 g/mol. The molecule has 98 valence electrons. The van der Waals surface area contributed by atoms with Crippen LogP contribution in [0.15, 0.2) is 0 Å². The predicted octanol–water partition coefficient (Wildman–Crippen LogP) is 3.75. The molecule has 0 saturated carbocycles. The van der Waals surface area contributed by atoms with E-state index < -0.39 is 0 Å². The summed E-state index contributed by atoms with van der Waals surface area (Å²) in [6.45, 7) is 10.7. The molecule has 1 unspecified atom stereocenters. The maximum Gasteiger partial charge on any atom is 0.0545 e. The lowest BCUT2D eigenvalue weighted by molar-refractivity contribution is -0.0588. The van der Waals surface area contributed by atoms with Gasteiger partial charge in [0.15, 0.2) is 0 Å². The van der Waals surface area contributed by atoms with Gasteiger partial charge in [0.2, 0.25) is 0 Å². The Morgan fingerprint density at radius 1 is 1.00 bits per heavy atom. The molecule has 16 heavy (non-hydrogen) atoms. The number of unbranched alkanes of at least 4 members (excludes halogenated alkanes) is 1. The van der Waals surface area contributed by atoms with Gasteiger partial charge in [0.05, 0.1) is 13.2 Å². The fourth-order valence-corrected chi connectivity index (χ4v) is 2.56. The molecule has 2 nitrogen and oxygen atoms in total. The maximum atomic E-state index is 5.44. The zero-order valence-electron chi connectivity index (χ0n) is 12.0. The van der Waals surface area contributed by atoms with Crippen LogP contribution in [0.2, 0.25) is 0 Å². The van der Waals surface area contributed by atoms with Gasteiger partial charge in [0.25, 0.3) is 0 Å². The highest BCUT2D eigenvalue weighted by molar-refractivity contribution is 4.87. The Morgan fingerprint density at radius 2 is 1.50 bits per heavy atom. The highest BCUT2D eigenvalue weighted by atomic mass is 16.5. The number of hydrogen-bond acceptors (Lipinski definition) is 2. The summed E-state index contributed by atoms with van der Waals surface area (Å²) in [5.74, 6) is 1.23. The van der Waals surface area contributed by atoms with Gasteiger partial charge in [-0.3, -0.25) is 0 Å². The van der Waals surface area contributed by atoms with E-state index in [2.05, 4.69) is 27.7 Å². The van der Waals surface area contributed by atoms with Gasteiger partial charge >= 0.3 is 0 Å². The first-order valence-corrected chi connectivity index (χ1v) is 6.53. The van der Waals surface area contributed by atoms with E-state index in [0.717, 1.165) is 13.2 Å². The average Bonchev–Trinajstić information content (AvgIpc) is 2.24. The number of ether oxygens (including phenoxy) is 2. The first-order valence-electron chi connectivity index (χ1n) is 6.53. The molecule has 2 heteroatoms. The topological polar surface area (TPSA) is 18.5 Å². The van der Waals surface area contributed by atoms with E-state index in [4.69, 9.17) is 9.47 Å². The first-order chi connectivity index (χ1) is 7.55. The maximum absolute atomic E-state index is 5.44. The summed E-state index contributed by atoms with van der Waals surface area (Å²) < 4.78 is 10.9. The summed E-state index contributed by atoms with van der Waals surface area (Å²) in [6, 6.07) is 0. The van der Waals surface area contributed by atoms with Crippen molar-refractivity contribution in [2.45, 2.75) is 47.0 Å². The van der Waals surface area contributed by atoms with Crippen molar-refractivity contribution in [2.75, 3.05) is 27.4 Å². The molecule has 0 fully saturated rings. The fraction of sp³-hybridized carbons (Fsp3) is 1.00. The van der Waals surface area contributed by atoms with Gasteiger partial charge in [-0.2, -0.15) is 0 Å². The third-order valence-electron chi connectivity index (χ3n) is 3.95. The van der Waals surface area contributed by atoms with E-state index in [9.17, 15) is 0 Å². The predicted molar refractivity (Wildman–Crippen MR) is 69.7 cm³/mol. The summed E-state index contributed by atoms with van der Waals surface area (Å²) in [6.07, 6.45) is 3.82. The molecule has 0 radical (unpaired) electrons. The molecule has 0 amide bonds. The second-order valence-corrected chi connectivity index (χ2v) is 5.30. The minimum atomic E-state index is 0.165.